The zero-order valence-electron chi connectivity index (χ0n) is 7.90. The number of benzene rings is 2. The highest BCUT2D eigenvalue weighted by molar-refractivity contribution is 6.01. The normalized spacial score (nSPS) is 14.3. The number of nitrogens with zero attached hydrogens (tertiary/aromatic N) is 1. The van der Waals surface area contributed by atoms with Gasteiger partial charge in [0.2, 0.25) is 0 Å². The Kier molecular flexibility index (Phi) is 1.63. The number of hydrogen-bond donors (Lipinski definition) is 0. The largest absolute Gasteiger partial charge is 0.292 e. The molecule has 0 aliphatic carbocycles. The molecule has 0 spiro atoms. The molecule has 0 N–H and O–H groups in total. The van der Waals surface area contributed by atoms with E-state index in [4.69, 9.17) is 0 Å². The molecule has 68 valence electrons. The summed E-state index contributed by atoms with van der Waals surface area (Å²) in [6.07, 6.45) is 3.10. The summed E-state index contributed by atoms with van der Waals surface area (Å²) in [6, 6.07) is 12.9. The van der Waals surface area contributed by atoms with E-state index >= 15 is 0 Å². The number of fused-ring (bicyclic) bond motifs is 3. The van der Waals surface area contributed by atoms with Gasteiger partial charge in [-0.1, -0.05) is 36.4 Å². The summed E-state index contributed by atoms with van der Waals surface area (Å²) >= 11 is 0. The van der Waals surface area contributed by atoms with Gasteiger partial charge >= 0.3 is 0 Å². The summed E-state index contributed by atoms with van der Waals surface area (Å²) in [5.74, 6) is 0. The molecule has 1 heteroatoms. The van der Waals surface area contributed by atoms with E-state index in [1.54, 1.807) is 0 Å². The van der Waals surface area contributed by atoms with Gasteiger partial charge in [0.05, 0.1) is 0 Å². The van der Waals surface area contributed by atoms with Crippen LogP contribution < -0.4 is 0 Å². The van der Waals surface area contributed by atoms with Crippen molar-refractivity contribution < 1.29 is 0 Å². The van der Waals surface area contributed by atoms with Crippen molar-refractivity contribution in [2.75, 3.05) is 6.54 Å². The van der Waals surface area contributed by atoms with Gasteiger partial charge in [0.25, 0.3) is 0 Å². The van der Waals surface area contributed by atoms with Crippen molar-refractivity contribution in [3.8, 4) is 0 Å². The Morgan fingerprint density at radius 2 is 1.93 bits per heavy atom. The lowest BCUT2D eigenvalue weighted by Crippen LogP contribution is -2.03. The first-order valence-electron chi connectivity index (χ1n) is 4.95. The third-order valence-corrected chi connectivity index (χ3v) is 2.79. The molecule has 0 bridgehead atoms. The maximum absolute atomic E-state index is 4.34. The summed E-state index contributed by atoms with van der Waals surface area (Å²) in [4.78, 5) is 4.34. The van der Waals surface area contributed by atoms with Crippen LogP contribution in [-0.2, 0) is 6.42 Å². The van der Waals surface area contributed by atoms with Crippen molar-refractivity contribution in [1.82, 2.24) is 0 Å². The maximum atomic E-state index is 4.34. The van der Waals surface area contributed by atoms with Crippen LogP contribution in [0.15, 0.2) is 41.4 Å². The lowest BCUT2D eigenvalue weighted by atomic mass is 9.96. The van der Waals surface area contributed by atoms with E-state index in [2.05, 4.69) is 41.4 Å². The Labute approximate surface area is 83.1 Å². The quantitative estimate of drug-likeness (QED) is 0.592. The van der Waals surface area contributed by atoms with E-state index in [0.29, 0.717) is 0 Å². The van der Waals surface area contributed by atoms with Gasteiger partial charge in [-0.25, -0.2) is 0 Å². The molecule has 2 aromatic carbocycles. The highest BCUT2D eigenvalue weighted by Crippen LogP contribution is 2.23. The first-order chi connectivity index (χ1) is 6.95. The minimum absolute atomic E-state index is 0.936. The third kappa shape index (κ3) is 1.06. The maximum Gasteiger partial charge on any atom is 0.0430 e. The van der Waals surface area contributed by atoms with Gasteiger partial charge in [-0.3, -0.25) is 4.99 Å². The summed E-state index contributed by atoms with van der Waals surface area (Å²) in [6.45, 7) is 0.936. The van der Waals surface area contributed by atoms with Crippen LogP contribution in [0.4, 0.5) is 0 Å². The van der Waals surface area contributed by atoms with Crippen LogP contribution in [0.2, 0.25) is 0 Å². The number of aliphatic imine (C=N–C) groups is 1. The fourth-order valence-corrected chi connectivity index (χ4v) is 2.05. The minimum Gasteiger partial charge on any atom is -0.292 e. The van der Waals surface area contributed by atoms with Crippen LogP contribution >= 0.6 is 0 Å². The number of rotatable bonds is 0. The smallest absolute Gasteiger partial charge is 0.0430 e. The molecular weight excluding hydrogens is 170 g/mol. The van der Waals surface area contributed by atoms with E-state index in [9.17, 15) is 0 Å². The Hall–Kier alpha value is -1.63. The molecule has 0 atom stereocenters. The van der Waals surface area contributed by atoms with Crippen LogP contribution in [0.1, 0.15) is 11.1 Å². The Balaban J connectivity index is 2.42. The molecule has 3 rings (SSSR count). The fraction of sp³-hybridized carbons (Fsp3) is 0.154. The Morgan fingerprint density at radius 1 is 1.00 bits per heavy atom. The van der Waals surface area contributed by atoms with E-state index in [-0.39, 0.29) is 0 Å². The van der Waals surface area contributed by atoms with Crippen LogP contribution in [-0.4, -0.2) is 12.8 Å². The first-order valence-corrected chi connectivity index (χ1v) is 4.95. The highest BCUT2D eigenvalue weighted by Gasteiger charge is 2.07. The van der Waals surface area contributed by atoms with Crippen molar-refractivity contribution in [2.45, 2.75) is 6.42 Å². The molecule has 0 saturated carbocycles. The van der Waals surface area contributed by atoms with Gasteiger partial charge in [0, 0.05) is 18.3 Å². The van der Waals surface area contributed by atoms with Crippen molar-refractivity contribution in [3.05, 3.63) is 47.5 Å². The SMILES string of the molecule is C1=NCCc2ccc3ccccc3c21. The van der Waals surface area contributed by atoms with E-state index < -0.39 is 0 Å². The zero-order chi connectivity index (χ0) is 9.38. The molecule has 2 aromatic rings. The van der Waals surface area contributed by atoms with Crippen molar-refractivity contribution in [1.29, 1.82) is 0 Å². The first kappa shape index (κ1) is 7.74. The molecule has 0 unspecified atom stereocenters. The molecule has 0 saturated heterocycles. The summed E-state index contributed by atoms with van der Waals surface area (Å²) in [5.41, 5.74) is 2.74. The second kappa shape index (κ2) is 2.95. The van der Waals surface area contributed by atoms with E-state index in [1.807, 2.05) is 6.21 Å². The second-order valence-electron chi connectivity index (χ2n) is 3.64. The van der Waals surface area contributed by atoms with Crippen molar-refractivity contribution >= 4 is 17.0 Å². The van der Waals surface area contributed by atoms with Crippen molar-refractivity contribution in [3.63, 3.8) is 0 Å². The average Bonchev–Trinajstić information content (AvgIpc) is 2.29. The number of hydrogen-bond acceptors (Lipinski definition) is 1. The second-order valence-corrected chi connectivity index (χ2v) is 3.64. The predicted molar refractivity (Wildman–Crippen MR) is 60.1 cm³/mol. The van der Waals surface area contributed by atoms with Crippen LogP contribution in [0.5, 0.6) is 0 Å². The molecule has 1 nitrogen and oxygen atoms in total. The standard InChI is InChI=1S/C13H11N/c1-2-4-12-10(3-1)5-6-11-7-8-14-9-13(11)12/h1-6,9H,7-8H2. The van der Waals surface area contributed by atoms with Gasteiger partial charge in [-0.2, -0.15) is 0 Å². The Morgan fingerprint density at radius 3 is 2.93 bits per heavy atom. The zero-order valence-corrected chi connectivity index (χ0v) is 7.90. The summed E-state index contributed by atoms with van der Waals surface area (Å²) in [7, 11) is 0. The van der Waals surface area contributed by atoms with Gasteiger partial charge in [0.15, 0.2) is 0 Å². The van der Waals surface area contributed by atoms with Crippen LogP contribution in [0.25, 0.3) is 10.8 Å². The molecule has 0 radical (unpaired) electrons. The average molecular weight is 181 g/mol. The third-order valence-electron chi connectivity index (χ3n) is 2.79. The highest BCUT2D eigenvalue weighted by atomic mass is 14.7. The molecule has 0 fully saturated rings. The molecule has 0 amide bonds. The molecule has 0 aromatic heterocycles. The van der Waals surface area contributed by atoms with Crippen LogP contribution in [0, 0.1) is 0 Å². The lowest BCUT2D eigenvalue weighted by Gasteiger charge is -2.12. The summed E-state index contributed by atoms with van der Waals surface area (Å²) < 4.78 is 0. The van der Waals surface area contributed by atoms with Gasteiger partial charge in [-0.05, 0) is 22.8 Å². The molecule has 1 heterocycles. The van der Waals surface area contributed by atoms with E-state index in [1.165, 1.54) is 21.9 Å². The monoisotopic (exact) mass is 181 g/mol. The Bertz CT molecular complexity index is 512. The van der Waals surface area contributed by atoms with Crippen LogP contribution in [0.3, 0.4) is 0 Å². The summed E-state index contributed by atoms with van der Waals surface area (Å²) in [5, 5.41) is 2.63. The minimum atomic E-state index is 0.936. The lowest BCUT2D eigenvalue weighted by molar-refractivity contribution is 0.956. The molecule has 14 heavy (non-hydrogen) atoms. The predicted octanol–water partition coefficient (Wildman–Crippen LogP) is 2.81. The molecule has 1 aliphatic rings. The van der Waals surface area contributed by atoms with Gasteiger partial charge < -0.3 is 0 Å². The van der Waals surface area contributed by atoms with Gasteiger partial charge in [0.1, 0.15) is 0 Å². The van der Waals surface area contributed by atoms with Crippen molar-refractivity contribution in [2.24, 2.45) is 4.99 Å². The van der Waals surface area contributed by atoms with Gasteiger partial charge in [-0.15, -0.1) is 0 Å². The molecule has 1 aliphatic heterocycles. The fourth-order valence-electron chi connectivity index (χ4n) is 2.05. The molecular formula is C13H11N. The topological polar surface area (TPSA) is 12.4 Å². The van der Waals surface area contributed by atoms with E-state index in [0.717, 1.165) is 13.0 Å².